The number of fused-ring (bicyclic) bond motifs is 14. The molecule has 6 aliphatic heterocycles. The van der Waals surface area contributed by atoms with Gasteiger partial charge in [-0.3, -0.25) is 24.2 Å². The predicted molar refractivity (Wildman–Crippen MR) is 283 cm³/mol. The van der Waals surface area contributed by atoms with Crippen LogP contribution in [-0.2, 0) is 36.7 Å². The molecule has 0 saturated carbocycles. The number of amides is 2. The zero-order chi connectivity index (χ0) is 53.9. The highest BCUT2D eigenvalue weighted by Gasteiger charge is 2.51. The molecule has 16 nitrogen and oxygen atoms in total. The molecule has 2 saturated heterocycles. The SMILES string of the molecule is C/C1=C/C=C/[C@H](C)[C@H](O)[C@@H](C)[C@@H](O)[C@@H](C)[C@H](OC(=O)CC(=O)N2CCC3(CC2)Cc2ccccc2C3)[C@H](C)C/C=C/O[C@@]2(C)Oc3c(C)c(O)c4c(O)c(c5c(c4c3C2=O)NC2(CCN(CC(C)C)CC2)N=5)=NC1=O. The van der Waals surface area contributed by atoms with Crippen molar-refractivity contribution in [3.8, 4) is 17.2 Å². The number of allylic oxidation sites excluding steroid dienone is 3. The lowest BCUT2D eigenvalue weighted by Crippen LogP contribution is -2.47. The average Bonchev–Trinajstić information content (AvgIpc) is 4.02. The number of aliphatic hydroxyl groups is 2. The summed E-state index contributed by atoms with van der Waals surface area (Å²) in [6.07, 6.45) is 9.30. The molecule has 5 N–H and O–H groups in total. The number of phenolic OH excluding ortho intramolecular Hbond substituents is 2. The number of phenols is 2. The number of likely N-dealkylation sites (tertiary alicyclic amines) is 2. The van der Waals surface area contributed by atoms with Crippen molar-refractivity contribution in [3.63, 3.8) is 0 Å². The highest BCUT2D eigenvalue weighted by molar-refractivity contribution is 6.21. The van der Waals surface area contributed by atoms with E-state index in [0.717, 1.165) is 45.3 Å². The standard InChI is InChI=1S/C59H75N5O11/c1-32(2)31-63-23-21-59(22-24-63)61-46-43-44-51(69)38(8)54-45(43)55(71)57(9,75-54)73-27-13-16-34(4)53(74-42(66)28-41(65)64-25-19-58(20-26-64)29-39-17-10-11-18-40(39)30-58)37(7)50(68)36(6)49(67)33(3)14-12-15-35(5)56(72)60-48(52(44)70)47(46)62-59/h10-15,17-18,27,32-34,36-37,49-50,53,61,67-70H,16,19-26,28-31H2,1-9H3/b14-12+,27-13+,35-15-,60-48?/t33-,34+,36+,37+,49-,50+,53+,57-/m0/s1. The van der Waals surface area contributed by atoms with Crippen LogP contribution in [0, 0.1) is 41.9 Å². The molecule has 3 aromatic carbocycles. The molecule has 5 bridgehead atoms. The van der Waals surface area contributed by atoms with E-state index in [0.29, 0.717) is 37.5 Å². The lowest BCUT2D eigenvalue weighted by molar-refractivity contribution is -0.162. The third-order valence-electron chi connectivity index (χ3n) is 17.2. The molecule has 7 aliphatic rings. The van der Waals surface area contributed by atoms with Gasteiger partial charge >= 0.3 is 11.8 Å². The number of ketones is 1. The van der Waals surface area contributed by atoms with E-state index < -0.39 is 83.3 Å². The van der Waals surface area contributed by atoms with Crippen LogP contribution in [0.5, 0.6) is 17.2 Å². The van der Waals surface area contributed by atoms with Crippen molar-refractivity contribution in [2.45, 2.75) is 143 Å². The Kier molecular flexibility index (Phi) is 14.9. The largest absolute Gasteiger partial charge is 0.507 e. The van der Waals surface area contributed by atoms with Gasteiger partial charge in [-0.05, 0) is 80.4 Å². The first-order valence-corrected chi connectivity index (χ1v) is 26.9. The second-order valence-corrected chi connectivity index (χ2v) is 23.2. The maximum absolute atomic E-state index is 14.9. The average molecular weight is 1030 g/mol. The lowest BCUT2D eigenvalue weighted by atomic mass is 9.76. The number of hydrogen-bond donors (Lipinski definition) is 5. The van der Waals surface area contributed by atoms with Crippen LogP contribution in [0.15, 0.2) is 70.4 Å². The van der Waals surface area contributed by atoms with Crippen LogP contribution in [0.25, 0.3) is 10.8 Å². The van der Waals surface area contributed by atoms with E-state index >= 15 is 0 Å². The van der Waals surface area contributed by atoms with Crippen LogP contribution >= 0.6 is 0 Å². The van der Waals surface area contributed by atoms with Gasteiger partial charge in [-0.1, -0.05) is 84.0 Å². The van der Waals surface area contributed by atoms with Crippen LogP contribution in [0.2, 0.25) is 0 Å². The van der Waals surface area contributed by atoms with E-state index in [1.54, 1.807) is 63.8 Å². The van der Waals surface area contributed by atoms with Gasteiger partial charge in [0.15, 0.2) is 5.75 Å². The Labute approximate surface area is 439 Å². The fraction of sp³-hybridized carbons (Fsp3) is 0.559. The Bertz CT molecular complexity index is 2980. The molecule has 8 atom stereocenters. The second kappa shape index (κ2) is 20.8. The molecule has 75 heavy (non-hydrogen) atoms. The second-order valence-electron chi connectivity index (χ2n) is 23.2. The van der Waals surface area contributed by atoms with Crippen LogP contribution in [0.1, 0.15) is 121 Å². The molecule has 402 valence electrons. The number of aromatic hydroxyl groups is 2. The number of benzene rings is 3. The molecule has 2 amide bonds. The molecule has 16 heteroatoms. The van der Waals surface area contributed by atoms with E-state index in [1.807, 2.05) is 6.92 Å². The van der Waals surface area contributed by atoms with Crippen molar-refractivity contribution in [2.24, 2.45) is 45.0 Å². The van der Waals surface area contributed by atoms with Crippen molar-refractivity contribution in [2.75, 3.05) is 38.0 Å². The summed E-state index contributed by atoms with van der Waals surface area (Å²) in [4.78, 5) is 70.2. The van der Waals surface area contributed by atoms with Gasteiger partial charge in [-0.25, -0.2) is 4.99 Å². The van der Waals surface area contributed by atoms with Crippen LogP contribution < -0.4 is 20.8 Å². The van der Waals surface area contributed by atoms with Crippen molar-refractivity contribution in [1.82, 2.24) is 9.80 Å². The Morgan fingerprint density at radius 1 is 0.893 bits per heavy atom. The number of esters is 1. The number of hydrogen-bond acceptors (Lipinski definition) is 14. The number of carbonyl (C=O) groups is 4. The third kappa shape index (κ3) is 10.2. The molecular weight excluding hydrogens is 955 g/mol. The highest BCUT2D eigenvalue weighted by atomic mass is 16.7. The van der Waals surface area contributed by atoms with Crippen molar-refractivity contribution < 1.29 is 53.8 Å². The first kappa shape index (κ1) is 53.7. The minimum Gasteiger partial charge on any atom is -0.507 e. The van der Waals surface area contributed by atoms with E-state index in [1.165, 1.54) is 24.3 Å². The first-order chi connectivity index (χ1) is 35.5. The number of rotatable bonds is 5. The number of anilines is 1. The zero-order valence-electron chi connectivity index (χ0n) is 44.9. The van der Waals surface area contributed by atoms with Gasteiger partial charge in [-0.2, -0.15) is 0 Å². The monoisotopic (exact) mass is 1030 g/mol. The maximum Gasteiger partial charge on any atom is 0.315 e. The summed E-state index contributed by atoms with van der Waals surface area (Å²) in [6, 6.07) is 8.50. The van der Waals surface area contributed by atoms with Crippen LogP contribution in [0.3, 0.4) is 0 Å². The Balaban J connectivity index is 1.02. The van der Waals surface area contributed by atoms with E-state index in [2.05, 4.69) is 53.3 Å². The van der Waals surface area contributed by atoms with E-state index in [4.69, 9.17) is 19.2 Å². The summed E-state index contributed by atoms with van der Waals surface area (Å²) in [6.45, 7) is 19.5. The molecule has 10 rings (SSSR count). The fourth-order valence-electron chi connectivity index (χ4n) is 12.6. The minimum atomic E-state index is -1.94. The van der Waals surface area contributed by atoms with Gasteiger partial charge in [-0.15, -0.1) is 0 Å². The number of nitrogens with zero attached hydrogens (tertiary/aromatic N) is 4. The molecule has 2 spiro atoms. The number of piperidine rings is 2. The summed E-state index contributed by atoms with van der Waals surface area (Å²) in [5.74, 6) is -7.07. The predicted octanol–water partition coefficient (Wildman–Crippen LogP) is 6.90. The van der Waals surface area contributed by atoms with Gasteiger partial charge in [0.1, 0.15) is 40.4 Å². The molecular formula is C59H75N5O11. The summed E-state index contributed by atoms with van der Waals surface area (Å²) >= 11 is 0. The fourth-order valence-corrected chi connectivity index (χ4v) is 12.6. The molecule has 6 heterocycles. The van der Waals surface area contributed by atoms with Gasteiger partial charge in [0.25, 0.3) is 11.7 Å². The van der Waals surface area contributed by atoms with Crippen molar-refractivity contribution >= 4 is 40.0 Å². The van der Waals surface area contributed by atoms with E-state index in [9.17, 15) is 39.6 Å². The quantitative estimate of drug-likeness (QED) is 0.0999. The summed E-state index contributed by atoms with van der Waals surface area (Å²) in [7, 11) is 0. The molecule has 1 aliphatic carbocycles. The Morgan fingerprint density at radius 3 is 2.21 bits per heavy atom. The van der Waals surface area contributed by atoms with Gasteiger partial charge < -0.3 is 49.8 Å². The maximum atomic E-state index is 14.9. The zero-order valence-corrected chi connectivity index (χ0v) is 44.9. The first-order valence-electron chi connectivity index (χ1n) is 26.9. The number of nitrogens with one attached hydrogen (secondary N) is 1. The topological polar surface area (TPSA) is 220 Å². The number of ether oxygens (including phenoxy) is 3. The van der Waals surface area contributed by atoms with Crippen molar-refractivity contribution in [3.05, 3.63) is 93.4 Å². The smallest absolute Gasteiger partial charge is 0.315 e. The lowest BCUT2D eigenvalue weighted by Gasteiger charge is -2.39. The van der Waals surface area contributed by atoms with Crippen LogP contribution in [-0.4, -0.2) is 116 Å². The number of carbonyl (C=O) groups excluding carboxylic acids is 4. The number of Topliss-reactive ketones (excluding diaryl/α,β-unsaturated/α-hetero) is 1. The van der Waals surface area contributed by atoms with E-state index in [-0.39, 0.29) is 67.4 Å². The van der Waals surface area contributed by atoms with Gasteiger partial charge in [0.2, 0.25) is 5.91 Å². The highest BCUT2D eigenvalue weighted by Crippen LogP contribution is 2.51. The summed E-state index contributed by atoms with van der Waals surface area (Å²) < 4.78 is 18.7. The molecule has 0 aromatic heterocycles. The Hall–Kier alpha value is -6.10. The summed E-state index contributed by atoms with van der Waals surface area (Å²) in [5.41, 5.74) is 2.73. The minimum absolute atomic E-state index is 0.0598. The Morgan fingerprint density at radius 2 is 1.56 bits per heavy atom. The number of aliphatic hydroxyl groups excluding tert-OH is 2. The van der Waals surface area contributed by atoms with Gasteiger partial charge in [0, 0.05) is 86.8 Å². The van der Waals surface area contributed by atoms with Crippen molar-refractivity contribution in [1.29, 1.82) is 0 Å². The van der Waals surface area contributed by atoms with Crippen LogP contribution in [0.4, 0.5) is 5.69 Å². The normalized spacial score (nSPS) is 30.2. The molecule has 0 unspecified atom stereocenters. The molecule has 3 aromatic rings. The molecule has 2 fully saturated rings. The molecule has 0 radical (unpaired) electrons. The van der Waals surface area contributed by atoms with Gasteiger partial charge in [0.05, 0.1) is 35.1 Å². The third-order valence-corrected chi connectivity index (χ3v) is 17.2. The summed E-state index contributed by atoms with van der Waals surface area (Å²) in [5, 5.41) is 51.4.